The molecule has 5 nitrogen and oxygen atoms in total. The van der Waals surface area contributed by atoms with Gasteiger partial charge in [0.1, 0.15) is 5.69 Å². The fourth-order valence-corrected chi connectivity index (χ4v) is 2.42. The lowest BCUT2D eigenvalue weighted by atomic mass is 9.94. The number of aromatic nitrogens is 1. The third-order valence-electron chi connectivity index (χ3n) is 3.88. The Morgan fingerprint density at radius 1 is 1.35 bits per heavy atom. The van der Waals surface area contributed by atoms with Crippen molar-refractivity contribution in [2.24, 2.45) is 0 Å². The summed E-state index contributed by atoms with van der Waals surface area (Å²) in [4.78, 5) is 26.9. The molecule has 0 bridgehead atoms. The van der Waals surface area contributed by atoms with Crippen molar-refractivity contribution in [3.63, 3.8) is 0 Å². The van der Waals surface area contributed by atoms with Crippen molar-refractivity contribution in [3.8, 4) is 0 Å². The minimum Gasteiger partial charge on any atom is -0.396 e. The molecule has 0 aliphatic heterocycles. The third kappa shape index (κ3) is 3.28. The molecule has 1 heterocycles. The lowest BCUT2D eigenvalue weighted by Gasteiger charge is -2.28. The SMILES string of the molecule is CCC(C)(CCO)NC(=O)c1[nH]c(C)c(C(C)=O)c1C. The topological polar surface area (TPSA) is 82.2 Å². The number of Topliss-reactive ketones (excluding diaryl/α,β-unsaturated/α-hetero) is 1. The van der Waals surface area contributed by atoms with Gasteiger partial charge in [-0.25, -0.2) is 0 Å². The highest BCUT2D eigenvalue weighted by molar-refractivity contribution is 6.02. The molecule has 0 aliphatic carbocycles. The second-order valence-electron chi connectivity index (χ2n) is 5.52. The van der Waals surface area contributed by atoms with Crippen LogP contribution in [0.25, 0.3) is 0 Å². The number of aliphatic hydroxyl groups is 1. The van der Waals surface area contributed by atoms with Gasteiger partial charge in [0.2, 0.25) is 0 Å². The van der Waals surface area contributed by atoms with E-state index in [1.54, 1.807) is 13.8 Å². The summed E-state index contributed by atoms with van der Waals surface area (Å²) in [6.45, 7) is 8.93. The van der Waals surface area contributed by atoms with E-state index in [-0.39, 0.29) is 18.3 Å². The minimum atomic E-state index is -0.451. The number of hydrogen-bond donors (Lipinski definition) is 3. The van der Waals surface area contributed by atoms with Crippen LogP contribution in [-0.4, -0.2) is 33.9 Å². The zero-order chi connectivity index (χ0) is 15.5. The summed E-state index contributed by atoms with van der Waals surface area (Å²) >= 11 is 0. The van der Waals surface area contributed by atoms with E-state index in [0.717, 1.165) is 6.42 Å². The van der Waals surface area contributed by atoms with Crippen molar-refractivity contribution in [2.75, 3.05) is 6.61 Å². The van der Waals surface area contributed by atoms with Gasteiger partial charge in [-0.15, -0.1) is 0 Å². The quantitative estimate of drug-likeness (QED) is 0.698. The van der Waals surface area contributed by atoms with Crippen LogP contribution in [0.4, 0.5) is 0 Å². The smallest absolute Gasteiger partial charge is 0.268 e. The molecule has 1 aromatic heterocycles. The molecular weight excluding hydrogens is 256 g/mol. The lowest BCUT2D eigenvalue weighted by Crippen LogP contribution is -2.46. The van der Waals surface area contributed by atoms with E-state index in [9.17, 15) is 9.59 Å². The number of aliphatic hydroxyl groups excluding tert-OH is 1. The molecule has 1 aromatic rings. The van der Waals surface area contributed by atoms with E-state index in [1.165, 1.54) is 6.92 Å². The number of H-pyrrole nitrogens is 1. The molecule has 20 heavy (non-hydrogen) atoms. The molecular formula is C15H24N2O3. The second kappa shape index (κ2) is 6.22. The highest BCUT2D eigenvalue weighted by atomic mass is 16.3. The van der Waals surface area contributed by atoms with Crippen LogP contribution in [0.5, 0.6) is 0 Å². The molecule has 3 N–H and O–H groups in total. The summed E-state index contributed by atoms with van der Waals surface area (Å²) < 4.78 is 0. The van der Waals surface area contributed by atoms with E-state index < -0.39 is 5.54 Å². The van der Waals surface area contributed by atoms with Crippen molar-refractivity contribution in [1.29, 1.82) is 0 Å². The van der Waals surface area contributed by atoms with Gasteiger partial charge in [0, 0.05) is 23.4 Å². The summed E-state index contributed by atoms with van der Waals surface area (Å²) in [6, 6.07) is 0. The number of carbonyl (C=O) groups is 2. The summed E-state index contributed by atoms with van der Waals surface area (Å²) in [7, 11) is 0. The number of hydrogen-bond acceptors (Lipinski definition) is 3. The fourth-order valence-electron chi connectivity index (χ4n) is 2.42. The Kier molecular flexibility index (Phi) is 5.11. The van der Waals surface area contributed by atoms with Gasteiger partial charge in [0.05, 0.1) is 0 Å². The number of carbonyl (C=O) groups excluding carboxylic acids is 2. The average molecular weight is 280 g/mol. The Morgan fingerprint density at radius 2 is 1.95 bits per heavy atom. The maximum absolute atomic E-state index is 12.4. The molecule has 0 saturated carbocycles. The van der Waals surface area contributed by atoms with E-state index in [4.69, 9.17) is 5.11 Å². The molecule has 1 amide bonds. The number of nitrogens with one attached hydrogen (secondary N) is 2. The van der Waals surface area contributed by atoms with Gasteiger partial charge in [0.25, 0.3) is 5.91 Å². The summed E-state index contributed by atoms with van der Waals surface area (Å²) in [5.74, 6) is -0.292. The van der Waals surface area contributed by atoms with Gasteiger partial charge in [-0.1, -0.05) is 6.92 Å². The van der Waals surface area contributed by atoms with Gasteiger partial charge in [0.15, 0.2) is 5.78 Å². The van der Waals surface area contributed by atoms with Crippen LogP contribution in [0, 0.1) is 13.8 Å². The predicted octanol–water partition coefficient (Wildman–Crippen LogP) is 2.12. The lowest BCUT2D eigenvalue weighted by molar-refractivity contribution is 0.0880. The Labute approximate surface area is 119 Å². The first-order valence-electron chi connectivity index (χ1n) is 6.89. The molecule has 1 unspecified atom stereocenters. The normalized spacial score (nSPS) is 13.9. The summed E-state index contributed by atoms with van der Waals surface area (Å²) in [6.07, 6.45) is 1.21. The van der Waals surface area contributed by atoms with Crippen molar-refractivity contribution < 1.29 is 14.7 Å². The van der Waals surface area contributed by atoms with Crippen molar-refractivity contribution in [1.82, 2.24) is 10.3 Å². The molecule has 0 saturated heterocycles. The first-order chi connectivity index (χ1) is 9.25. The van der Waals surface area contributed by atoms with Crippen LogP contribution in [-0.2, 0) is 0 Å². The van der Waals surface area contributed by atoms with Crippen LogP contribution >= 0.6 is 0 Å². The van der Waals surface area contributed by atoms with Gasteiger partial charge in [-0.05, 0) is 46.1 Å². The largest absolute Gasteiger partial charge is 0.396 e. The standard InChI is InChI=1S/C15H24N2O3/c1-6-15(5,7-8-18)17-14(20)13-9(2)12(11(4)19)10(3)16-13/h16,18H,6-8H2,1-5H3,(H,17,20). The summed E-state index contributed by atoms with van der Waals surface area (Å²) in [5, 5.41) is 12.0. The maximum Gasteiger partial charge on any atom is 0.268 e. The van der Waals surface area contributed by atoms with Gasteiger partial charge in [-0.2, -0.15) is 0 Å². The maximum atomic E-state index is 12.4. The highest BCUT2D eigenvalue weighted by Gasteiger charge is 2.27. The Balaban J connectivity index is 3.05. The Morgan fingerprint density at radius 3 is 2.35 bits per heavy atom. The van der Waals surface area contributed by atoms with Crippen molar-refractivity contribution in [2.45, 2.75) is 53.0 Å². The number of ketones is 1. The average Bonchev–Trinajstić information content (AvgIpc) is 2.65. The van der Waals surface area contributed by atoms with Gasteiger partial charge in [-0.3, -0.25) is 9.59 Å². The molecule has 5 heteroatoms. The zero-order valence-corrected chi connectivity index (χ0v) is 12.9. The van der Waals surface area contributed by atoms with Gasteiger partial charge >= 0.3 is 0 Å². The van der Waals surface area contributed by atoms with Crippen LogP contribution in [0.1, 0.15) is 65.7 Å². The number of aromatic amines is 1. The molecule has 0 spiro atoms. The van der Waals surface area contributed by atoms with Gasteiger partial charge < -0.3 is 15.4 Å². The van der Waals surface area contributed by atoms with Crippen LogP contribution < -0.4 is 5.32 Å². The zero-order valence-electron chi connectivity index (χ0n) is 12.9. The molecule has 0 fully saturated rings. The highest BCUT2D eigenvalue weighted by Crippen LogP contribution is 2.20. The van der Waals surface area contributed by atoms with Crippen LogP contribution in [0.3, 0.4) is 0 Å². The molecule has 1 rings (SSSR count). The third-order valence-corrected chi connectivity index (χ3v) is 3.88. The molecule has 1 atom stereocenters. The first kappa shape index (κ1) is 16.4. The van der Waals surface area contributed by atoms with E-state index >= 15 is 0 Å². The Hall–Kier alpha value is -1.62. The minimum absolute atomic E-state index is 0.0199. The van der Waals surface area contributed by atoms with Crippen LogP contribution in [0.2, 0.25) is 0 Å². The molecule has 0 aliphatic rings. The molecule has 112 valence electrons. The van der Waals surface area contributed by atoms with Crippen molar-refractivity contribution >= 4 is 11.7 Å². The van der Waals surface area contributed by atoms with Crippen LogP contribution in [0.15, 0.2) is 0 Å². The fraction of sp³-hybridized carbons (Fsp3) is 0.600. The second-order valence-corrected chi connectivity index (χ2v) is 5.52. The number of aryl methyl sites for hydroxylation is 1. The monoisotopic (exact) mass is 280 g/mol. The Bertz CT molecular complexity index is 519. The number of rotatable bonds is 6. The van der Waals surface area contributed by atoms with E-state index in [2.05, 4.69) is 10.3 Å². The first-order valence-corrected chi connectivity index (χ1v) is 6.89. The van der Waals surface area contributed by atoms with Crippen molar-refractivity contribution in [3.05, 3.63) is 22.5 Å². The molecule has 0 aromatic carbocycles. The number of amides is 1. The molecule has 0 radical (unpaired) electrons. The van der Waals surface area contributed by atoms with E-state index in [1.807, 2.05) is 13.8 Å². The van der Waals surface area contributed by atoms with E-state index in [0.29, 0.717) is 28.9 Å². The summed E-state index contributed by atoms with van der Waals surface area (Å²) in [5.41, 5.74) is 1.93. The predicted molar refractivity (Wildman–Crippen MR) is 78.1 cm³/mol.